The molecule has 1 fully saturated rings. The lowest BCUT2D eigenvalue weighted by atomic mass is 9.98. The normalized spacial score (nSPS) is 17.0. The van der Waals surface area contributed by atoms with Crippen molar-refractivity contribution in [1.29, 1.82) is 0 Å². The van der Waals surface area contributed by atoms with E-state index in [1.165, 1.54) is 4.90 Å². The van der Waals surface area contributed by atoms with Crippen molar-refractivity contribution in [1.82, 2.24) is 5.32 Å². The minimum absolute atomic E-state index is 0.103. The minimum Gasteiger partial charge on any atom is -0.346 e. The van der Waals surface area contributed by atoms with E-state index < -0.39 is 11.8 Å². The summed E-state index contributed by atoms with van der Waals surface area (Å²) in [6.45, 7) is 2.88. The zero-order chi connectivity index (χ0) is 13.8. The molecule has 1 saturated heterocycles. The average molecular weight is 260 g/mol. The summed E-state index contributed by atoms with van der Waals surface area (Å²) in [5.41, 5.74) is 1.69. The summed E-state index contributed by atoms with van der Waals surface area (Å²) in [5.74, 6) is -1.00. The highest BCUT2D eigenvalue weighted by Gasteiger charge is 2.27. The van der Waals surface area contributed by atoms with E-state index in [0.29, 0.717) is 25.2 Å². The van der Waals surface area contributed by atoms with Crippen molar-refractivity contribution >= 4 is 23.8 Å². The molecule has 19 heavy (non-hydrogen) atoms. The van der Waals surface area contributed by atoms with E-state index in [2.05, 4.69) is 5.32 Å². The van der Waals surface area contributed by atoms with Crippen LogP contribution in [0, 0.1) is 0 Å². The zero-order valence-electron chi connectivity index (χ0n) is 10.8. The number of anilines is 1. The fourth-order valence-corrected chi connectivity index (χ4v) is 2.11. The Bertz CT molecular complexity index is 513. The van der Waals surface area contributed by atoms with Crippen molar-refractivity contribution in [3.05, 3.63) is 29.8 Å². The third-order valence-electron chi connectivity index (χ3n) is 3.26. The number of nitrogens with one attached hydrogen (secondary N) is 1. The molecule has 1 atom stereocenters. The van der Waals surface area contributed by atoms with Gasteiger partial charge >= 0.3 is 11.8 Å². The van der Waals surface area contributed by atoms with Gasteiger partial charge in [-0.3, -0.25) is 9.59 Å². The van der Waals surface area contributed by atoms with Gasteiger partial charge in [0.1, 0.15) is 6.29 Å². The Morgan fingerprint density at radius 2 is 2.21 bits per heavy atom. The Kier molecular flexibility index (Phi) is 3.94. The molecule has 0 aromatic heterocycles. The van der Waals surface area contributed by atoms with Crippen LogP contribution >= 0.6 is 0 Å². The van der Waals surface area contributed by atoms with Gasteiger partial charge in [0.15, 0.2) is 0 Å². The highest BCUT2D eigenvalue weighted by atomic mass is 16.2. The fraction of sp³-hybridized carbons (Fsp3) is 0.357. The summed E-state index contributed by atoms with van der Waals surface area (Å²) >= 11 is 0. The van der Waals surface area contributed by atoms with E-state index in [1.807, 2.05) is 25.1 Å². The Morgan fingerprint density at radius 3 is 2.95 bits per heavy atom. The van der Waals surface area contributed by atoms with E-state index in [4.69, 9.17) is 0 Å². The van der Waals surface area contributed by atoms with E-state index in [1.54, 1.807) is 6.07 Å². The number of benzene rings is 1. The second-order valence-corrected chi connectivity index (χ2v) is 4.61. The van der Waals surface area contributed by atoms with Gasteiger partial charge in [0, 0.05) is 25.2 Å². The number of carbonyl (C=O) groups is 3. The monoisotopic (exact) mass is 260 g/mol. The van der Waals surface area contributed by atoms with Gasteiger partial charge in [0.2, 0.25) is 0 Å². The molecule has 1 aliphatic rings. The van der Waals surface area contributed by atoms with Gasteiger partial charge in [-0.25, -0.2) is 0 Å². The highest BCUT2D eigenvalue weighted by molar-refractivity contribution is 6.41. The lowest BCUT2D eigenvalue weighted by molar-refractivity contribution is -0.138. The van der Waals surface area contributed by atoms with Crippen molar-refractivity contribution < 1.29 is 14.4 Å². The lowest BCUT2D eigenvalue weighted by Gasteiger charge is -2.27. The molecule has 0 radical (unpaired) electrons. The van der Waals surface area contributed by atoms with E-state index in [9.17, 15) is 14.4 Å². The molecule has 1 aliphatic heterocycles. The first kappa shape index (κ1) is 13.3. The van der Waals surface area contributed by atoms with Crippen LogP contribution in [0.15, 0.2) is 24.3 Å². The molecule has 0 saturated carbocycles. The van der Waals surface area contributed by atoms with E-state index >= 15 is 0 Å². The van der Waals surface area contributed by atoms with Crippen molar-refractivity contribution in [2.45, 2.75) is 19.3 Å². The Balaban J connectivity index is 2.25. The van der Waals surface area contributed by atoms with Crippen molar-refractivity contribution in [3.63, 3.8) is 0 Å². The largest absolute Gasteiger partial charge is 0.346 e. The van der Waals surface area contributed by atoms with E-state index in [0.717, 1.165) is 11.8 Å². The van der Waals surface area contributed by atoms with Crippen molar-refractivity contribution in [2.75, 3.05) is 18.0 Å². The zero-order valence-corrected chi connectivity index (χ0v) is 10.8. The number of nitrogens with zero attached hydrogens (tertiary/aromatic N) is 1. The molecule has 5 heteroatoms. The number of aldehydes is 1. The molecule has 0 spiro atoms. The third kappa shape index (κ3) is 2.81. The molecular formula is C14H16N2O3. The van der Waals surface area contributed by atoms with Gasteiger partial charge in [-0.2, -0.15) is 0 Å². The maximum Gasteiger partial charge on any atom is 0.316 e. The van der Waals surface area contributed by atoms with Crippen LogP contribution in [-0.2, 0) is 14.4 Å². The van der Waals surface area contributed by atoms with Gasteiger partial charge < -0.3 is 15.0 Å². The summed E-state index contributed by atoms with van der Waals surface area (Å²) < 4.78 is 0. The SMILES string of the molecule is CC(CC=O)c1cccc(N2CCNC(=O)C2=O)c1. The van der Waals surface area contributed by atoms with Crippen molar-refractivity contribution in [2.24, 2.45) is 0 Å². The van der Waals surface area contributed by atoms with Gasteiger partial charge in [-0.05, 0) is 23.6 Å². The molecule has 1 aromatic rings. The molecule has 0 bridgehead atoms. The second kappa shape index (κ2) is 5.65. The first-order chi connectivity index (χ1) is 9.13. The predicted octanol–water partition coefficient (Wildman–Crippen LogP) is 0.842. The summed E-state index contributed by atoms with van der Waals surface area (Å²) in [4.78, 5) is 35.2. The fourth-order valence-electron chi connectivity index (χ4n) is 2.11. The molecule has 2 rings (SSSR count). The molecule has 2 amide bonds. The van der Waals surface area contributed by atoms with Gasteiger partial charge in [0.25, 0.3) is 0 Å². The molecule has 1 heterocycles. The molecule has 100 valence electrons. The first-order valence-electron chi connectivity index (χ1n) is 6.26. The standard InChI is InChI=1S/C14H16N2O3/c1-10(5-8-17)11-3-2-4-12(9-11)16-7-6-15-13(18)14(16)19/h2-4,8-10H,5-7H2,1H3,(H,15,18). The summed E-state index contributed by atoms with van der Waals surface area (Å²) in [6.07, 6.45) is 1.33. The van der Waals surface area contributed by atoms with Gasteiger partial charge in [0.05, 0.1) is 0 Å². The quantitative estimate of drug-likeness (QED) is 0.644. The number of amides is 2. The molecule has 1 unspecified atom stereocenters. The van der Waals surface area contributed by atoms with Crippen LogP contribution in [0.25, 0.3) is 0 Å². The van der Waals surface area contributed by atoms with Gasteiger partial charge in [-0.15, -0.1) is 0 Å². The second-order valence-electron chi connectivity index (χ2n) is 4.61. The Hall–Kier alpha value is -2.17. The smallest absolute Gasteiger partial charge is 0.316 e. The topological polar surface area (TPSA) is 66.5 Å². The lowest BCUT2D eigenvalue weighted by Crippen LogP contribution is -2.52. The molecule has 1 aromatic carbocycles. The third-order valence-corrected chi connectivity index (χ3v) is 3.26. The van der Waals surface area contributed by atoms with E-state index in [-0.39, 0.29) is 5.92 Å². The minimum atomic E-state index is -0.572. The van der Waals surface area contributed by atoms with Crippen LogP contribution in [0.2, 0.25) is 0 Å². The van der Waals surface area contributed by atoms with Crippen LogP contribution in [0.3, 0.4) is 0 Å². The van der Waals surface area contributed by atoms with Gasteiger partial charge in [-0.1, -0.05) is 19.1 Å². The molecule has 5 nitrogen and oxygen atoms in total. The number of rotatable bonds is 4. The maximum atomic E-state index is 11.8. The summed E-state index contributed by atoms with van der Waals surface area (Å²) in [7, 11) is 0. The first-order valence-corrected chi connectivity index (χ1v) is 6.26. The number of piperazine rings is 1. The molecular weight excluding hydrogens is 244 g/mol. The van der Waals surface area contributed by atoms with Crippen LogP contribution in [0.5, 0.6) is 0 Å². The predicted molar refractivity (Wildman–Crippen MR) is 70.9 cm³/mol. The maximum absolute atomic E-state index is 11.8. The Labute approximate surface area is 111 Å². The number of hydrogen-bond acceptors (Lipinski definition) is 3. The number of hydrogen-bond donors (Lipinski definition) is 1. The summed E-state index contributed by atoms with van der Waals surface area (Å²) in [5, 5.41) is 2.51. The molecule has 1 N–H and O–H groups in total. The summed E-state index contributed by atoms with van der Waals surface area (Å²) in [6, 6.07) is 7.43. The molecule has 0 aliphatic carbocycles. The number of carbonyl (C=O) groups excluding carboxylic acids is 3. The van der Waals surface area contributed by atoms with Crippen LogP contribution < -0.4 is 10.2 Å². The average Bonchev–Trinajstić information content (AvgIpc) is 2.42. The Morgan fingerprint density at radius 1 is 1.42 bits per heavy atom. The highest BCUT2D eigenvalue weighted by Crippen LogP contribution is 2.24. The van der Waals surface area contributed by atoms with Crippen LogP contribution in [0.1, 0.15) is 24.8 Å². The van der Waals surface area contributed by atoms with Crippen LogP contribution in [0.4, 0.5) is 5.69 Å². The van der Waals surface area contributed by atoms with Crippen LogP contribution in [-0.4, -0.2) is 31.2 Å². The van der Waals surface area contributed by atoms with Crippen molar-refractivity contribution in [3.8, 4) is 0 Å².